The second-order valence-corrected chi connectivity index (χ2v) is 9.54. The van der Waals surface area contributed by atoms with Crippen molar-refractivity contribution in [2.45, 2.75) is 31.2 Å². The first-order valence-electron chi connectivity index (χ1n) is 10.5. The Kier molecular flexibility index (Phi) is 5.76. The monoisotopic (exact) mass is 453 g/mol. The fourth-order valence-corrected chi connectivity index (χ4v) is 4.90. The first-order chi connectivity index (χ1) is 15.7. The summed E-state index contributed by atoms with van der Waals surface area (Å²) in [6, 6.07) is 21.1. The van der Waals surface area contributed by atoms with Crippen LogP contribution >= 0.6 is 11.3 Å². The van der Waals surface area contributed by atoms with Gasteiger partial charge in [-0.25, -0.2) is 4.99 Å². The van der Waals surface area contributed by atoms with E-state index in [0.29, 0.717) is 5.56 Å². The smallest absolute Gasteiger partial charge is 0.239 e. The molecule has 6 nitrogen and oxygen atoms in total. The highest BCUT2D eigenvalue weighted by Gasteiger charge is 2.39. The number of benzene rings is 2. The Morgan fingerprint density at radius 1 is 1.09 bits per heavy atom. The Morgan fingerprint density at radius 2 is 1.82 bits per heavy atom. The molecule has 33 heavy (non-hydrogen) atoms. The maximum atomic E-state index is 13.3. The Hall–Kier alpha value is -3.94. The zero-order valence-corrected chi connectivity index (χ0v) is 19.4. The van der Waals surface area contributed by atoms with Crippen LogP contribution in [0.5, 0.6) is 0 Å². The van der Waals surface area contributed by atoms with E-state index in [4.69, 9.17) is 5.73 Å². The second kappa shape index (κ2) is 8.54. The number of carbonyl (C=O) groups is 1. The number of nitrogens with zero attached hydrogens (tertiary/aromatic N) is 4. The number of aliphatic imine (C=N–C) groups is 1. The minimum atomic E-state index is -0.617. The number of thiophene rings is 1. The van der Waals surface area contributed by atoms with Gasteiger partial charge < -0.3 is 5.73 Å². The van der Waals surface area contributed by atoms with Gasteiger partial charge in [-0.3, -0.25) is 9.69 Å². The van der Waals surface area contributed by atoms with Crippen molar-refractivity contribution < 1.29 is 4.79 Å². The number of carbonyl (C=O) groups excluding carboxylic acids is 1. The minimum Gasteiger partial charge on any atom is -0.369 e. The van der Waals surface area contributed by atoms with Gasteiger partial charge in [0.05, 0.1) is 29.0 Å². The standard InChI is InChI=1S/C26H23N5OS/c1-26(2,15-28)20-9-7-17(8-10-20)22-23(30-25(29)31(3)24(22)32)21-12-19(14-33-21)18-6-4-5-16(11-18)13-27/h4-12,14,22-23H,1-3H3,(H2,29,30)/t22-,23?/m1/s1. The fraction of sp³-hybridized carbons (Fsp3) is 0.231. The molecule has 2 aromatic carbocycles. The van der Waals surface area contributed by atoms with Crippen LogP contribution in [0.2, 0.25) is 0 Å². The van der Waals surface area contributed by atoms with Crippen molar-refractivity contribution in [2.75, 3.05) is 7.05 Å². The average molecular weight is 454 g/mol. The topological polar surface area (TPSA) is 106 Å². The molecule has 1 aromatic heterocycles. The van der Waals surface area contributed by atoms with Crippen molar-refractivity contribution in [3.05, 3.63) is 81.5 Å². The average Bonchev–Trinajstić information content (AvgIpc) is 3.33. The molecular weight excluding hydrogens is 430 g/mol. The van der Waals surface area contributed by atoms with Crippen LogP contribution in [0.25, 0.3) is 11.1 Å². The van der Waals surface area contributed by atoms with Crippen molar-refractivity contribution in [1.82, 2.24) is 4.90 Å². The number of nitrogens with two attached hydrogens (primary N) is 1. The molecule has 2 heterocycles. The molecule has 7 heteroatoms. The molecular formula is C26H23N5OS. The predicted molar refractivity (Wildman–Crippen MR) is 129 cm³/mol. The van der Waals surface area contributed by atoms with Gasteiger partial charge in [-0.2, -0.15) is 10.5 Å². The van der Waals surface area contributed by atoms with E-state index in [2.05, 4.69) is 17.1 Å². The summed E-state index contributed by atoms with van der Waals surface area (Å²) in [4.78, 5) is 20.3. The van der Waals surface area contributed by atoms with Crippen molar-refractivity contribution in [2.24, 2.45) is 10.7 Å². The number of guanidine groups is 1. The van der Waals surface area contributed by atoms with Crippen LogP contribution in [0.1, 0.15) is 47.4 Å². The van der Waals surface area contributed by atoms with Gasteiger partial charge in [0.25, 0.3) is 0 Å². The molecule has 164 valence electrons. The van der Waals surface area contributed by atoms with Crippen LogP contribution in [-0.2, 0) is 10.2 Å². The zero-order valence-electron chi connectivity index (χ0n) is 18.6. The van der Waals surface area contributed by atoms with E-state index in [1.54, 1.807) is 13.1 Å². The molecule has 1 amide bonds. The molecule has 1 aliphatic heterocycles. The largest absolute Gasteiger partial charge is 0.369 e. The molecule has 4 rings (SSSR count). The molecule has 0 saturated carbocycles. The molecule has 0 bridgehead atoms. The SMILES string of the molecule is CN1C(=O)[C@H](c2ccc(C(C)(C)C#N)cc2)C(c2cc(-c3cccc(C#N)c3)cs2)N=C1N. The van der Waals surface area contributed by atoms with Crippen LogP contribution in [0.3, 0.4) is 0 Å². The van der Waals surface area contributed by atoms with E-state index < -0.39 is 17.4 Å². The lowest BCUT2D eigenvalue weighted by Gasteiger charge is -2.33. The van der Waals surface area contributed by atoms with Crippen LogP contribution in [0.15, 0.2) is 65.0 Å². The fourth-order valence-electron chi connectivity index (χ4n) is 3.91. The van der Waals surface area contributed by atoms with Gasteiger partial charge in [-0.05, 0) is 59.7 Å². The lowest BCUT2D eigenvalue weighted by atomic mass is 9.83. The minimum absolute atomic E-state index is 0.124. The van der Waals surface area contributed by atoms with Gasteiger partial charge in [0.2, 0.25) is 5.91 Å². The number of likely N-dealkylation sites (N-methyl/N-ethyl adjacent to an activating group) is 1. The Bertz CT molecular complexity index is 1320. The Morgan fingerprint density at radius 3 is 2.48 bits per heavy atom. The summed E-state index contributed by atoms with van der Waals surface area (Å²) in [6.45, 7) is 3.73. The summed E-state index contributed by atoms with van der Waals surface area (Å²) in [6.07, 6.45) is 0. The quantitative estimate of drug-likeness (QED) is 0.618. The van der Waals surface area contributed by atoms with Gasteiger partial charge in [0.1, 0.15) is 6.04 Å². The number of hydrogen-bond donors (Lipinski definition) is 1. The second-order valence-electron chi connectivity index (χ2n) is 8.60. The van der Waals surface area contributed by atoms with Gasteiger partial charge in [-0.15, -0.1) is 11.3 Å². The van der Waals surface area contributed by atoms with Crippen molar-refractivity contribution in [1.29, 1.82) is 10.5 Å². The number of rotatable bonds is 4. The highest BCUT2D eigenvalue weighted by atomic mass is 32.1. The normalized spacial score (nSPS) is 18.4. The summed E-state index contributed by atoms with van der Waals surface area (Å²) < 4.78 is 0. The summed E-state index contributed by atoms with van der Waals surface area (Å²) >= 11 is 1.52. The Balaban J connectivity index is 1.74. The molecule has 1 unspecified atom stereocenters. The van der Waals surface area contributed by atoms with E-state index in [9.17, 15) is 15.3 Å². The van der Waals surface area contributed by atoms with E-state index in [1.807, 2.05) is 67.8 Å². The third-order valence-corrected chi connectivity index (χ3v) is 7.04. The van der Waals surface area contributed by atoms with Crippen LogP contribution in [0.4, 0.5) is 0 Å². The molecule has 3 aromatic rings. The van der Waals surface area contributed by atoms with Gasteiger partial charge >= 0.3 is 0 Å². The molecule has 2 N–H and O–H groups in total. The molecule has 0 saturated heterocycles. The van der Waals surface area contributed by atoms with Crippen molar-refractivity contribution in [3.8, 4) is 23.3 Å². The van der Waals surface area contributed by atoms with Crippen molar-refractivity contribution in [3.63, 3.8) is 0 Å². The first kappa shape index (κ1) is 22.3. The van der Waals surface area contributed by atoms with E-state index in [0.717, 1.165) is 27.1 Å². The molecule has 2 atom stereocenters. The van der Waals surface area contributed by atoms with E-state index >= 15 is 0 Å². The lowest BCUT2D eigenvalue weighted by Crippen LogP contribution is -2.46. The summed E-state index contributed by atoms with van der Waals surface area (Å²) in [5.41, 5.74) is 9.68. The highest BCUT2D eigenvalue weighted by Crippen LogP contribution is 2.42. The van der Waals surface area contributed by atoms with Crippen LogP contribution in [-0.4, -0.2) is 23.8 Å². The number of nitriles is 2. The third-order valence-electron chi connectivity index (χ3n) is 6.03. The summed E-state index contributed by atoms with van der Waals surface area (Å²) in [7, 11) is 1.63. The summed E-state index contributed by atoms with van der Waals surface area (Å²) in [5.74, 6) is -0.468. The summed E-state index contributed by atoms with van der Waals surface area (Å²) in [5, 5.41) is 20.7. The maximum Gasteiger partial charge on any atom is 0.239 e. The first-order valence-corrected chi connectivity index (χ1v) is 11.3. The molecule has 0 fully saturated rings. The zero-order chi connectivity index (χ0) is 23.8. The number of hydrogen-bond acceptors (Lipinski definition) is 6. The van der Waals surface area contributed by atoms with Crippen LogP contribution < -0.4 is 5.73 Å². The van der Waals surface area contributed by atoms with Crippen LogP contribution in [0, 0.1) is 22.7 Å². The van der Waals surface area contributed by atoms with Crippen molar-refractivity contribution >= 4 is 23.2 Å². The van der Waals surface area contributed by atoms with Gasteiger partial charge in [0.15, 0.2) is 5.96 Å². The van der Waals surface area contributed by atoms with Gasteiger partial charge in [-0.1, -0.05) is 36.4 Å². The molecule has 0 spiro atoms. The van der Waals surface area contributed by atoms with E-state index in [-0.39, 0.29) is 11.9 Å². The molecule has 1 aliphatic rings. The third kappa shape index (κ3) is 4.11. The molecule has 0 aliphatic carbocycles. The number of amides is 1. The van der Waals surface area contributed by atoms with Gasteiger partial charge in [0, 0.05) is 11.9 Å². The predicted octanol–water partition coefficient (Wildman–Crippen LogP) is 4.70. The lowest BCUT2D eigenvalue weighted by molar-refractivity contribution is -0.129. The maximum absolute atomic E-state index is 13.3. The molecule has 0 radical (unpaired) electrons. The van der Waals surface area contributed by atoms with E-state index in [1.165, 1.54) is 16.2 Å². The Labute approximate surface area is 197 Å². The highest BCUT2D eigenvalue weighted by molar-refractivity contribution is 7.10.